The molecule has 0 aliphatic carbocycles. The van der Waals surface area contributed by atoms with Gasteiger partial charge >= 0.3 is 12.1 Å². The van der Waals surface area contributed by atoms with Crippen molar-refractivity contribution in [3.8, 4) is 5.88 Å². The van der Waals surface area contributed by atoms with Gasteiger partial charge in [0.2, 0.25) is 5.88 Å². The van der Waals surface area contributed by atoms with Crippen molar-refractivity contribution in [2.45, 2.75) is 12.6 Å². The Morgan fingerprint density at radius 3 is 2.33 bits per heavy atom. The van der Waals surface area contributed by atoms with Crippen molar-refractivity contribution in [2.75, 3.05) is 7.11 Å². The number of halogens is 5. The molecule has 0 amide bonds. The lowest BCUT2D eigenvalue weighted by Crippen LogP contribution is -2.17. The summed E-state index contributed by atoms with van der Waals surface area (Å²) in [6.45, 7) is 0. The molecular formula is C9H6F5NO3. The number of aromatic nitrogens is 1. The molecule has 0 spiro atoms. The molecule has 1 rings (SSSR count). The summed E-state index contributed by atoms with van der Waals surface area (Å²) in [7, 11) is 0.896. The standard InChI is InChI=1S/C9H6F5NO3/c1-18-7-5(6(10)11)4(8(16)17)3(2-15-7)9(12,13)14/h2,6H,1H3,(H,16,17). The van der Waals surface area contributed by atoms with Crippen LogP contribution in [-0.2, 0) is 6.18 Å². The van der Waals surface area contributed by atoms with E-state index in [0.29, 0.717) is 0 Å². The Hall–Kier alpha value is -1.93. The van der Waals surface area contributed by atoms with E-state index in [1.807, 2.05) is 0 Å². The topological polar surface area (TPSA) is 59.4 Å². The minimum absolute atomic E-state index is 0.147. The number of alkyl halides is 5. The van der Waals surface area contributed by atoms with Crippen LogP contribution in [0.5, 0.6) is 5.88 Å². The van der Waals surface area contributed by atoms with Crippen LogP contribution in [0.15, 0.2) is 6.20 Å². The van der Waals surface area contributed by atoms with Gasteiger partial charge in [0.15, 0.2) is 0 Å². The summed E-state index contributed by atoms with van der Waals surface area (Å²) in [5.74, 6) is -2.98. The Morgan fingerprint density at radius 2 is 2.00 bits per heavy atom. The van der Waals surface area contributed by atoms with Crippen LogP contribution in [0.4, 0.5) is 22.0 Å². The van der Waals surface area contributed by atoms with Crippen LogP contribution >= 0.6 is 0 Å². The van der Waals surface area contributed by atoms with Crippen molar-refractivity contribution in [1.82, 2.24) is 4.98 Å². The van der Waals surface area contributed by atoms with Gasteiger partial charge in [-0.25, -0.2) is 18.6 Å². The first-order chi connectivity index (χ1) is 8.20. The summed E-state index contributed by atoms with van der Waals surface area (Å²) in [6, 6.07) is 0. The fourth-order valence-corrected chi connectivity index (χ4v) is 1.32. The number of aromatic carboxylic acids is 1. The van der Waals surface area contributed by atoms with Crippen LogP contribution in [0.3, 0.4) is 0 Å². The first-order valence-electron chi connectivity index (χ1n) is 4.35. The second-order valence-electron chi connectivity index (χ2n) is 3.07. The molecule has 0 aliphatic heterocycles. The minimum Gasteiger partial charge on any atom is -0.481 e. The third kappa shape index (κ3) is 2.49. The Labute approximate surface area is 97.0 Å². The maximum Gasteiger partial charge on any atom is 0.418 e. The highest BCUT2D eigenvalue weighted by Crippen LogP contribution is 2.39. The normalized spacial score (nSPS) is 11.7. The average Bonchev–Trinajstić information content (AvgIpc) is 2.25. The second kappa shape index (κ2) is 4.75. The van der Waals surface area contributed by atoms with E-state index < -0.39 is 41.1 Å². The molecule has 0 saturated heterocycles. The zero-order chi connectivity index (χ0) is 14.1. The predicted molar refractivity (Wildman–Crippen MR) is 47.7 cm³/mol. The van der Waals surface area contributed by atoms with E-state index in [-0.39, 0.29) is 6.20 Å². The number of nitrogens with zero attached hydrogens (tertiary/aromatic N) is 1. The molecule has 0 radical (unpaired) electrons. The van der Waals surface area contributed by atoms with E-state index in [0.717, 1.165) is 7.11 Å². The lowest BCUT2D eigenvalue weighted by molar-refractivity contribution is -0.138. The summed E-state index contributed by atoms with van der Waals surface area (Å²) >= 11 is 0. The third-order valence-corrected chi connectivity index (χ3v) is 2.01. The molecule has 100 valence electrons. The number of hydrogen-bond acceptors (Lipinski definition) is 3. The molecule has 0 aromatic carbocycles. The van der Waals surface area contributed by atoms with Crippen LogP contribution in [0.2, 0.25) is 0 Å². The van der Waals surface area contributed by atoms with Gasteiger partial charge in [-0.2, -0.15) is 13.2 Å². The number of pyridine rings is 1. The van der Waals surface area contributed by atoms with E-state index in [1.165, 1.54) is 0 Å². The molecule has 1 heterocycles. The summed E-state index contributed by atoms with van der Waals surface area (Å²) in [6.07, 6.45) is -8.41. The maximum absolute atomic E-state index is 12.7. The molecule has 0 fully saturated rings. The van der Waals surface area contributed by atoms with Gasteiger partial charge in [-0.15, -0.1) is 0 Å². The monoisotopic (exact) mass is 271 g/mol. The quantitative estimate of drug-likeness (QED) is 0.859. The van der Waals surface area contributed by atoms with E-state index >= 15 is 0 Å². The first-order valence-corrected chi connectivity index (χ1v) is 4.35. The average molecular weight is 271 g/mol. The van der Waals surface area contributed by atoms with Crippen molar-refractivity contribution >= 4 is 5.97 Å². The Balaban J connectivity index is 3.68. The van der Waals surface area contributed by atoms with Crippen LogP contribution in [0.1, 0.15) is 27.9 Å². The fraction of sp³-hybridized carbons (Fsp3) is 0.333. The molecule has 9 heteroatoms. The van der Waals surface area contributed by atoms with Crippen LogP contribution < -0.4 is 4.74 Å². The smallest absolute Gasteiger partial charge is 0.418 e. The van der Waals surface area contributed by atoms with E-state index in [9.17, 15) is 26.7 Å². The van der Waals surface area contributed by atoms with Crippen molar-refractivity contribution in [3.63, 3.8) is 0 Å². The van der Waals surface area contributed by atoms with Gasteiger partial charge in [-0.1, -0.05) is 0 Å². The molecule has 1 aromatic heterocycles. The SMILES string of the molecule is COc1ncc(C(F)(F)F)c(C(=O)O)c1C(F)F. The largest absolute Gasteiger partial charge is 0.481 e. The van der Waals surface area contributed by atoms with Crippen LogP contribution in [0.25, 0.3) is 0 Å². The van der Waals surface area contributed by atoms with Gasteiger partial charge in [0, 0.05) is 6.20 Å². The van der Waals surface area contributed by atoms with Crippen molar-refractivity contribution in [3.05, 3.63) is 22.9 Å². The van der Waals surface area contributed by atoms with Crippen molar-refractivity contribution < 1.29 is 36.6 Å². The van der Waals surface area contributed by atoms with E-state index in [2.05, 4.69) is 9.72 Å². The highest BCUT2D eigenvalue weighted by molar-refractivity contribution is 5.92. The van der Waals surface area contributed by atoms with E-state index in [1.54, 1.807) is 0 Å². The van der Waals surface area contributed by atoms with Crippen LogP contribution in [0, 0.1) is 0 Å². The summed E-state index contributed by atoms with van der Waals surface area (Å²) < 4.78 is 67.1. The Bertz CT molecular complexity index is 472. The van der Waals surface area contributed by atoms with Gasteiger partial charge < -0.3 is 9.84 Å². The third-order valence-electron chi connectivity index (χ3n) is 2.01. The number of carbonyl (C=O) groups is 1. The lowest BCUT2D eigenvalue weighted by atomic mass is 10.0. The number of hydrogen-bond donors (Lipinski definition) is 1. The molecule has 0 atom stereocenters. The van der Waals surface area contributed by atoms with Gasteiger partial charge in [0.05, 0.1) is 23.8 Å². The predicted octanol–water partition coefficient (Wildman–Crippen LogP) is 2.74. The van der Waals surface area contributed by atoms with Crippen molar-refractivity contribution in [1.29, 1.82) is 0 Å². The molecular weight excluding hydrogens is 265 g/mol. The molecule has 0 aliphatic rings. The molecule has 0 saturated carbocycles. The highest BCUT2D eigenvalue weighted by atomic mass is 19.4. The van der Waals surface area contributed by atoms with Crippen LogP contribution in [-0.4, -0.2) is 23.2 Å². The van der Waals surface area contributed by atoms with Gasteiger partial charge in [-0.3, -0.25) is 0 Å². The first kappa shape index (κ1) is 14.1. The summed E-state index contributed by atoms with van der Waals surface area (Å²) in [5, 5.41) is 8.66. The number of carboxylic acid groups (broad SMARTS) is 1. The number of methoxy groups -OCH3 is 1. The molecule has 1 aromatic rings. The lowest BCUT2D eigenvalue weighted by Gasteiger charge is -2.15. The molecule has 1 N–H and O–H groups in total. The number of ether oxygens (including phenoxy) is 1. The number of carboxylic acids is 1. The van der Waals surface area contributed by atoms with Gasteiger partial charge in [-0.05, 0) is 0 Å². The van der Waals surface area contributed by atoms with E-state index in [4.69, 9.17) is 5.11 Å². The van der Waals surface area contributed by atoms with Gasteiger partial charge in [0.25, 0.3) is 6.43 Å². The zero-order valence-corrected chi connectivity index (χ0v) is 8.76. The zero-order valence-electron chi connectivity index (χ0n) is 8.76. The molecule has 0 unspecified atom stereocenters. The molecule has 0 bridgehead atoms. The molecule has 4 nitrogen and oxygen atoms in total. The van der Waals surface area contributed by atoms with Crippen molar-refractivity contribution in [2.24, 2.45) is 0 Å². The molecule has 18 heavy (non-hydrogen) atoms. The maximum atomic E-state index is 12.7. The van der Waals surface area contributed by atoms with Gasteiger partial charge in [0.1, 0.15) is 0 Å². The second-order valence-corrected chi connectivity index (χ2v) is 3.07. The fourth-order valence-electron chi connectivity index (χ4n) is 1.32. The minimum atomic E-state index is -5.10. The number of rotatable bonds is 3. The highest BCUT2D eigenvalue weighted by Gasteiger charge is 2.40. The summed E-state index contributed by atoms with van der Waals surface area (Å²) in [5.41, 5.74) is -4.68. The summed E-state index contributed by atoms with van der Waals surface area (Å²) in [4.78, 5) is 13.8. The Morgan fingerprint density at radius 1 is 1.44 bits per heavy atom. The Kier molecular flexibility index (Phi) is 3.73.